The molecule has 2 aliphatic carbocycles. The number of hydrogen-bond donors (Lipinski definition) is 0. The van der Waals surface area contributed by atoms with Crippen LogP contribution < -0.4 is 10.4 Å². The fourth-order valence-corrected chi connectivity index (χ4v) is 7.18. The van der Waals surface area contributed by atoms with Crippen LogP contribution in [0.25, 0.3) is 79.2 Å². The Hall–Kier alpha value is -6.00. The number of fused-ring (bicyclic) bond motifs is 7. The van der Waals surface area contributed by atoms with E-state index in [0.29, 0.717) is 0 Å². The third-order valence-corrected chi connectivity index (χ3v) is 9.43. The topological polar surface area (TPSA) is 51.6 Å². The maximum Gasteiger partial charge on any atom is 0.106 e. The van der Waals surface area contributed by atoms with Crippen molar-refractivity contribution in [1.82, 2.24) is 20.4 Å². The van der Waals surface area contributed by atoms with Crippen LogP contribution in [0.3, 0.4) is 0 Å². The van der Waals surface area contributed by atoms with Gasteiger partial charge in [0.1, 0.15) is 11.4 Å². The van der Waals surface area contributed by atoms with E-state index in [0.717, 1.165) is 67.3 Å². The van der Waals surface area contributed by atoms with Gasteiger partial charge in [-0.2, -0.15) is 0 Å². The van der Waals surface area contributed by atoms with Crippen molar-refractivity contribution in [3.05, 3.63) is 154 Å². The zero-order valence-electron chi connectivity index (χ0n) is 25.5. The lowest BCUT2D eigenvalue weighted by atomic mass is 9.87. The molecule has 0 saturated carbocycles. The first-order valence-electron chi connectivity index (χ1n) is 15.6. The molecule has 46 heavy (non-hydrogen) atoms. The first-order valence-corrected chi connectivity index (χ1v) is 15.6. The smallest absolute Gasteiger partial charge is 0.106 e. The van der Waals surface area contributed by atoms with Gasteiger partial charge in [-0.15, -0.1) is 10.2 Å². The van der Waals surface area contributed by atoms with Crippen molar-refractivity contribution in [3.8, 4) is 67.0 Å². The van der Waals surface area contributed by atoms with Crippen molar-refractivity contribution in [3.63, 3.8) is 0 Å². The van der Waals surface area contributed by atoms with Crippen molar-refractivity contribution in [2.45, 2.75) is 13.8 Å². The fraction of sp³-hybridized carbons (Fsp3) is 0.0476. The highest BCUT2D eigenvalue weighted by Crippen LogP contribution is 2.45. The van der Waals surface area contributed by atoms with Crippen LogP contribution in [0, 0.1) is 13.8 Å². The summed E-state index contributed by atoms with van der Waals surface area (Å²) in [4.78, 5) is 5.13. The molecule has 7 aromatic rings. The van der Waals surface area contributed by atoms with Gasteiger partial charge in [0.25, 0.3) is 0 Å². The molecule has 0 bridgehead atoms. The normalized spacial score (nSPS) is 12.0. The summed E-state index contributed by atoms with van der Waals surface area (Å²) >= 11 is 0. The van der Waals surface area contributed by atoms with E-state index in [1.165, 1.54) is 32.7 Å². The molecule has 4 heteroatoms. The summed E-state index contributed by atoms with van der Waals surface area (Å²) in [6.45, 7) is 4.24. The van der Waals surface area contributed by atoms with E-state index < -0.39 is 0 Å². The third kappa shape index (κ3) is 3.93. The lowest BCUT2D eigenvalue weighted by Crippen LogP contribution is -2.25. The van der Waals surface area contributed by atoms with E-state index in [1.54, 1.807) is 0 Å². The Morgan fingerprint density at radius 2 is 1.04 bits per heavy atom. The summed E-state index contributed by atoms with van der Waals surface area (Å²) in [6.07, 6.45) is 4.57. The van der Waals surface area contributed by atoms with Gasteiger partial charge >= 0.3 is 0 Å². The van der Waals surface area contributed by atoms with Gasteiger partial charge in [-0.3, -0.25) is 4.98 Å². The highest BCUT2D eigenvalue weighted by atomic mass is 15.3. The number of pyridine rings is 1. The first kappa shape index (κ1) is 26.4. The standard InChI is InChI=1S/C42H28N4/c1-25-26(2)43-37-24-36-33(22-21-32-31-19-10-9-17-29(31)23-35(32)36)40(37)38(25)42-39(28-15-7-4-8-16-28)41(44-46-45-42)34-20-12-11-18-30(34)27-13-5-3-6-14-27/h3-24H,1-2H3. The van der Waals surface area contributed by atoms with Gasteiger partial charge in [-0.1, -0.05) is 121 Å². The molecule has 0 saturated heterocycles. The largest absolute Gasteiger partial charge is 0.253 e. The molecule has 0 atom stereocenters. The molecule has 2 aliphatic rings. The summed E-state index contributed by atoms with van der Waals surface area (Å²) in [7, 11) is 0. The molecule has 9 rings (SSSR count). The average molecular weight is 589 g/mol. The molecule has 0 N–H and O–H groups in total. The molecule has 5 aromatic carbocycles. The summed E-state index contributed by atoms with van der Waals surface area (Å²) < 4.78 is 0. The van der Waals surface area contributed by atoms with Crippen LogP contribution >= 0.6 is 0 Å². The molecular weight excluding hydrogens is 560 g/mol. The van der Waals surface area contributed by atoms with Crippen molar-refractivity contribution < 1.29 is 0 Å². The SMILES string of the molecule is Cc1nc2c(c(-c3nnnc(-c4ccccc4-c4ccccc4)c3-c3ccccc3)c1C)-c1ccc3c(c1=C2)=Cc1ccccc1-3. The molecule has 0 spiro atoms. The number of aryl methyl sites for hydroxylation is 1. The molecule has 216 valence electrons. The van der Waals surface area contributed by atoms with Gasteiger partial charge in [-0.05, 0) is 86.2 Å². The summed E-state index contributed by atoms with van der Waals surface area (Å²) in [5.74, 6) is 0. The third-order valence-electron chi connectivity index (χ3n) is 9.43. The highest BCUT2D eigenvalue weighted by molar-refractivity contribution is 6.02. The minimum atomic E-state index is 0.804. The average Bonchev–Trinajstić information content (AvgIpc) is 3.67. The Morgan fingerprint density at radius 3 is 1.83 bits per heavy atom. The van der Waals surface area contributed by atoms with Crippen LogP contribution in [0.2, 0.25) is 0 Å². The number of nitrogens with zero attached hydrogens (tertiary/aromatic N) is 4. The fourth-order valence-electron chi connectivity index (χ4n) is 7.18. The van der Waals surface area contributed by atoms with Crippen LogP contribution in [0.4, 0.5) is 0 Å². The van der Waals surface area contributed by atoms with Crippen molar-refractivity contribution in [2.75, 3.05) is 0 Å². The zero-order chi connectivity index (χ0) is 30.8. The second-order valence-corrected chi connectivity index (χ2v) is 12.0. The molecule has 0 unspecified atom stereocenters. The van der Waals surface area contributed by atoms with Gasteiger partial charge in [0.2, 0.25) is 0 Å². The van der Waals surface area contributed by atoms with Gasteiger partial charge in [0.05, 0.1) is 5.69 Å². The summed E-state index contributed by atoms with van der Waals surface area (Å²) in [5.41, 5.74) is 17.0. The minimum Gasteiger partial charge on any atom is -0.253 e. The van der Waals surface area contributed by atoms with E-state index in [-0.39, 0.29) is 0 Å². The first-order chi connectivity index (χ1) is 22.7. The molecule has 0 amide bonds. The molecule has 2 aromatic heterocycles. The Kier molecular flexibility index (Phi) is 5.90. The quantitative estimate of drug-likeness (QED) is 0.208. The van der Waals surface area contributed by atoms with Crippen molar-refractivity contribution >= 4 is 12.2 Å². The Bertz CT molecular complexity index is 2480. The maximum absolute atomic E-state index is 5.13. The maximum atomic E-state index is 5.13. The lowest BCUT2D eigenvalue weighted by molar-refractivity contribution is 0.877. The van der Waals surface area contributed by atoms with Gasteiger partial charge in [-0.25, -0.2) is 0 Å². The van der Waals surface area contributed by atoms with Crippen LogP contribution in [0.1, 0.15) is 22.5 Å². The van der Waals surface area contributed by atoms with E-state index in [1.807, 2.05) is 12.1 Å². The minimum absolute atomic E-state index is 0.804. The van der Waals surface area contributed by atoms with Gasteiger partial charge in [0, 0.05) is 27.9 Å². The highest BCUT2D eigenvalue weighted by Gasteiger charge is 2.29. The van der Waals surface area contributed by atoms with Crippen LogP contribution in [0.15, 0.2) is 121 Å². The molecule has 2 heterocycles. The van der Waals surface area contributed by atoms with Crippen molar-refractivity contribution in [1.29, 1.82) is 0 Å². The number of benzene rings is 5. The zero-order valence-corrected chi connectivity index (χ0v) is 25.5. The Labute approximate surface area is 267 Å². The number of hydrogen-bond acceptors (Lipinski definition) is 4. The van der Waals surface area contributed by atoms with Crippen LogP contribution in [0.5, 0.6) is 0 Å². The monoisotopic (exact) mass is 588 g/mol. The van der Waals surface area contributed by atoms with Crippen molar-refractivity contribution in [2.24, 2.45) is 0 Å². The molecule has 0 aliphatic heterocycles. The summed E-state index contributed by atoms with van der Waals surface area (Å²) in [5, 5.41) is 16.5. The second-order valence-electron chi connectivity index (χ2n) is 12.0. The molecule has 4 nitrogen and oxygen atoms in total. The Morgan fingerprint density at radius 1 is 0.435 bits per heavy atom. The number of aromatic nitrogens is 4. The van der Waals surface area contributed by atoms with Crippen LogP contribution in [-0.4, -0.2) is 20.4 Å². The van der Waals surface area contributed by atoms with Crippen LogP contribution in [-0.2, 0) is 0 Å². The molecule has 0 fully saturated rings. The predicted octanol–water partition coefficient (Wildman–Crippen LogP) is 8.17. The molecular formula is C42H28N4. The lowest BCUT2D eigenvalue weighted by Gasteiger charge is -2.19. The van der Waals surface area contributed by atoms with E-state index in [9.17, 15) is 0 Å². The Balaban J connectivity index is 1.35. The summed E-state index contributed by atoms with van der Waals surface area (Å²) in [6, 6.07) is 42.5. The van der Waals surface area contributed by atoms with E-state index in [4.69, 9.17) is 15.2 Å². The number of rotatable bonds is 4. The predicted molar refractivity (Wildman–Crippen MR) is 186 cm³/mol. The van der Waals surface area contributed by atoms with E-state index in [2.05, 4.69) is 140 Å². The van der Waals surface area contributed by atoms with E-state index >= 15 is 0 Å². The second kappa shape index (κ2) is 10.3. The van der Waals surface area contributed by atoms with Gasteiger partial charge < -0.3 is 0 Å². The van der Waals surface area contributed by atoms with Gasteiger partial charge in [0.15, 0.2) is 0 Å². The molecule has 0 radical (unpaired) electrons.